The van der Waals surface area contributed by atoms with Crippen LogP contribution in [0.5, 0.6) is 0 Å². The molecule has 0 atom stereocenters. The Morgan fingerprint density at radius 3 is 2.69 bits per heavy atom. The number of aryl methyl sites for hydroxylation is 1. The van der Waals surface area contributed by atoms with Gasteiger partial charge in [-0.15, -0.1) is 0 Å². The lowest BCUT2D eigenvalue weighted by atomic mass is 10.1. The summed E-state index contributed by atoms with van der Waals surface area (Å²) in [5, 5.41) is 4.09. The second kappa shape index (κ2) is 10.2. The molecule has 2 aliphatic heterocycles. The van der Waals surface area contributed by atoms with E-state index in [1.54, 1.807) is 48.9 Å². The zero-order chi connectivity index (χ0) is 23.3. The number of carbonyl (C=O) groups is 2. The van der Waals surface area contributed by atoms with Crippen molar-refractivity contribution in [2.24, 2.45) is 10.1 Å². The van der Waals surface area contributed by atoms with Crippen molar-refractivity contribution >= 4 is 29.7 Å². The molecule has 0 spiro atoms. The first-order chi connectivity index (χ1) is 15.3. The molecule has 1 aromatic carbocycles. The summed E-state index contributed by atoms with van der Waals surface area (Å²) >= 11 is 0. The SMILES string of the molecule is C=C1C=NNC(=Nc2cc(C(=O)N3CCOCC3)ccc2C)N1/C(C)=C(\C)C(=O)OCC. The number of ether oxygens (including phenoxy) is 2. The smallest absolute Gasteiger partial charge is 0.335 e. The third kappa shape index (κ3) is 5.05. The molecule has 1 fully saturated rings. The second-order valence-electron chi connectivity index (χ2n) is 7.47. The molecule has 1 saturated heterocycles. The Balaban J connectivity index is 1.97. The Bertz CT molecular complexity index is 1010. The van der Waals surface area contributed by atoms with Gasteiger partial charge in [-0.25, -0.2) is 15.2 Å². The van der Waals surface area contributed by atoms with Gasteiger partial charge in [0, 0.05) is 24.4 Å². The van der Waals surface area contributed by atoms with Crippen molar-refractivity contribution < 1.29 is 19.1 Å². The van der Waals surface area contributed by atoms with Crippen LogP contribution in [0.4, 0.5) is 5.69 Å². The molecule has 2 aliphatic rings. The molecule has 0 radical (unpaired) electrons. The van der Waals surface area contributed by atoms with Gasteiger partial charge in [0.25, 0.3) is 5.91 Å². The summed E-state index contributed by atoms with van der Waals surface area (Å²) in [6, 6.07) is 5.43. The summed E-state index contributed by atoms with van der Waals surface area (Å²) in [6.45, 7) is 13.7. The van der Waals surface area contributed by atoms with Crippen LogP contribution in [-0.2, 0) is 14.3 Å². The van der Waals surface area contributed by atoms with E-state index in [-0.39, 0.29) is 12.5 Å². The number of allylic oxidation sites excluding steroid dienone is 2. The average molecular weight is 440 g/mol. The molecule has 0 saturated carbocycles. The zero-order valence-corrected chi connectivity index (χ0v) is 19.0. The quantitative estimate of drug-likeness (QED) is 0.560. The van der Waals surface area contributed by atoms with Gasteiger partial charge in [-0.2, -0.15) is 5.10 Å². The predicted molar refractivity (Wildman–Crippen MR) is 123 cm³/mol. The Hall–Kier alpha value is -3.46. The van der Waals surface area contributed by atoms with Crippen molar-refractivity contribution in [1.29, 1.82) is 0 Å². The predicted octanol–water partition coefficient (Wildman–Crippen LogP) is 2.72. The average Bonchev–Trinajstić information content (AvgIpc) is 2.80. The highest BCUT2D eigenvalue weighted by atomic mass is 16.5. The topological polar surface area (TPSA) is 95.8 Å². The number of nitrogens with one attached hydrogen (secondary N) is 1. The Morgan fingerprint density at radius 1 is 1.28 bits per heavy atom. The standard InChI is InChI=1S/C23H29N5O4/c1-6-32-22(30)17(4)18(5)28-16(3)14-24-26-23(28)25-20-13-19(8-7-15(20)2)21(29)27-9-11-31-12-10-27/h7-8,13-14H,3,6,9-12H2,1-2,4-5H3,(H,25,26)/b18-17+. The summed E-state index contributed by atoms with van der Waals surface area (Å²) in [5.74, 6) is -0.0912. The molecule has 170 valence electrons. The lowest BCUT2D eigenvalue weighted by molar-refractivity contribution is -0.138. The van der Waals surface area contributed by atoms with Gasteiger partial charge in [0.2, 0.25) is 5.96 Å². The number of hydrazone groups is 1. The fourth-order valence-electron chi connectivity index (χ4n) is 3.34. The van der Waals surface area contributed by atoms with Gasteiger partial charge in [0.1, 0.15) is 0 Å². The molecule has 1 N–H and O–H groups in total. The molecule has 1 amide bonds. The largest absolute Gasteiger partial charge is 0.463 e. The number of guanidine groups is 1. The first kappa shape index (κ1) is 23.2. The fourth-order valence-corrected chi connectivity index (χ4v) is 3.34. The highest BCUT2D eigenvalue weighted by Crippen LogP contribution is 2.25. The third-order valence-electron chi connectivity index (χ3n) is 5.32. The van der Waals surface area contributed by atoms with Gasteiger partial charge >= 0.3 is 5.97 Å². The first-order valence-electron chi connectivity index (χ1n) is 10.5. The molecular weight excluding hydrogens is 410 g/mol. The second-order valence-corrected chi connectivity index (χ2v) is 7.47. The molecule has 32 heavy (non-hydrogen) atoms. The number of aliphatic imine (C=N–C) groups is 1. The number of amides is 1. The maximum absolute atomic E-state index is 12.9. The van der Waals surface area contributed by atoms with Crippen LogP contribution in [0.1, 0.15) is 36.7 Å². The summed E-state index contributed by atoms with van der Waals surface area (Å²) < 4.78 is 10.5. The van der Waals surface area contributed by atoms with E-state index < -0.39 is 5.97 Å². The Labute approximate surface area is 188 Å². The molecule has 1 aromatic rings. The number of hydrogen-bond donors (Lipinski definition) is 1. The maximum atomic E-state index is 12.9. The van der Waals surface area contributed by atoms with Gasteiger partial charge in [0.05, 0.1) is 43.0 Å². The molecule has 0 aliphatic carbocycles. The molecule has 0 unspecified atom stereocenters. The van der Waals surface area contributed by atoms with Crippen LogP contribution in [0, 0.1) is 6.92 Å². The van der Waals surface area contributed by atoms with Gasteiger partial charge in [-0.1, -0.05) is 12.6 Å². The fraction of sp³-hybridized carbons (Fsp3) is 0.391. The summed E-state index contributed by atoms with van der Waals surface area (Å²) in [4.78, 5) is 33.3. The Kier molecular flexibility index (Phi) is 7.42. The molecule has 9 nitrogen and oxygen atoms in total. The summed E-state index contributed by atoms with van der Waals surface area (Å²) in [5.41, 5.74) is 6.53. The zero-order valence-electron chi connectivity index (χ0n) is 19.0. The van der Waals surface area contributed by atoms with Crippen LogP contribution in [0.2, 0.25) is 0 Å². The van der Waals surface area contributed by atoms with Crippen LogP contribution in [0.3, 0.4) is 0 Å². The monoisotopic (exact) mass is 439 g/mol. The highest BCUT2D eigenvalue weighted by molar-refractivity contribution is 5.99. The van der Waals surface area contributed by atoms with Crippen molar-refractivity contribution in [2.75, 3.05) is 32.9 Å². The van der Waals surface area contributed by atoms with Crippen molar-refractivity contribution in [1.82, 2.24) is 15.2 Å². The van der Waals surface area contributed by atoms with Crippen molar-refractivity contribution in [3.8, 4) is 0 Å². The maximum Gasteiger partial charge on any atom is 0.335 e. The number of carbonyl (C=O) groups excluding carboxylic acids is 2. The van der Waals surface area contributed by atoms with Crippen molar-refractivity contribution in [3.63, 3.8) is 0 Å². The molecule has 0 aromatic heterocycles. The molecule has 0 bridgehead atoms. The van der Waals surface area contributed by atoms with E-state index in [0.717, 1.165) is 5.56 Å². The number of rotatable bonds is 5. The normalized spacial score (nSPS) is 18.4. The van der Waals surface area contributed by atoms with Gasteiger partial charge in [-0.05, 0) is 45.4 Å². The van der Waals surface area contributed by atoms with Crippen LogP contribution in [0.25, 0.3) is 0 Å². The summed E-state index contributed by atoms with van der Waals surface area (Å²) in [6.07, 6.45) is 1.55. The first-order valence-corrected chi connectivity index (χ1v) is 10.5. The minimum Gasteiger partial charge on any atom is -0.463 e. The minimum atomic E-state index is -0.408. The van der Waals surface area contributed by atoms with E-state index >= 15 is 0 Å². The lowest BCUT2D eigenvalue weighted by Crippen LogP contribution is -2.41. The molecule has 9 heteroatoms. The number of benzene rings is 1. The molecule has 3 rings (SSSR count). The van der Waals surface area contributed by atoms with E-state index in [1.807, 2.05) is 13.0 Å². The number of morpholine rings is 1. The molecular formula is C23H29N5O4. The van der Waals surface area contributed by atoms with E-state index in [2.05, 4.69) is 17.1 Å². The summed E-state index contributed by atoms with van der Waals surface area (Å²) in [7, 11) is 0. The van der Waals surface area contributed by atoms with Crippen LogP contribution in [-0.4, -0.2) is 66.8 Å². The van der Waals surface area contributed by atoms with Crippen molar-refractivity contribution in [3.05, 3.63) is 52.9 Å². The van der Waals surface area contributed by atoms with E-state index in [9.17, 15) is 9.59 Å². The Morgan fingerprint density at radius 2 is 2.00 bits per heavy atom. The minimum absolute atomic E-state index is 0.0557. The highest BCUT2D eigenvalue weighted by Gasteiger charge is 2.24. The van der Waals surface area contributed by atoms with E-state index in [4.69, 9.17) is 14.5 Å². The van der Waals surface area contributed by atoms with E-state index in [1.165, 1.54) is 0 Å². The molecule has 2 heterocycles. The van der Waals surface area contributed by atoms with Gasteiger partial charge in [0.15, 0.2) is 0 Å². The lowest BCUT2D eigenvalue weighted by Gasteiger charge is -2.30. The van der Waals surface area contributed by atoms with Crippen LogP contribution in [0.15, 0.2) is 51.8 Å². The third-order valence-corrected chi connectivity index (χ3v) is 5.32. The number of nitrogens with zero attached hydrogens (tertiary/aromatic N) is 4. The number of hydrogen-bond acceptors (Lipinski definition) is 6. The van der Waals surface area contributed by atoms with Crippen LogP contribution < -0.4 is 5.43 Å². The van der Waals surface area contributed by atoms with Crippen molar-refractivity contribution in [2.45, 2.75) is 27.7 Å². The van der Waals surface area contributed by atoms with Crippen LogP contribution >= 0.6 is 0 Å². The van der Waals surface area contributed by atoms with Gasteiger partial charge < -0.3 is 14.4 Å². The van der Waals surface area contributed by atoms with Gasteiger partial charge in [-0.3, -0.25) is 9.69 Å². The van der Waals surface area contributed by atoms with E-state index in [0.29, 0.717) is 60.5 Å². The number of esters is 1.